The Morgan fingerprint density at radius 2 is 1.28 bits per heavy atom. The molecule has 9 N–H and O–H groups in total. The second-order valence-corrected chi connectivity index (χ2v) is 9.63. The van der Waals surface area contributed by atoms with E-state index in [1.807, 2.05) is 0 Å². The molecule has 1 rings (SSSR count). The van der Waals surface area contributed by atoms with Crippen molar-refractivity contribution in [3.63, 3.8) is 0 Å². The van der Waals surface area contributed by atoms with Gasteiger partial charge in [0.15, 0.2) is 0 Å². The van der Waals surface area contributed by atoms with E-state index in [9.17, 15) is 39.0 Å². The molecule has 14 nitrogen and oxygen atoms in total. The number of aromatic hydroxyl groups is 1. The first-order valence-electron chi connectivity index (χ1n) is 11.9. The molecule has 0 radical (unpaired) electrons. The van der Waals surface area contributed by atoms with Crippen LogP contribution in [0.15, 0.2) is 24.3 Å². The number of amides is 3. The second-order valence-electron chi connectivity index (χ2n) is 8.65. The van der Waals surface area contributed by atoms with E-state index in [1.165, 1.54) is 36.0 Å². The fraction of sp³-hybridized carbons (Fsp3) is 0.500. The average molecular weight is 571 g/mol. The molecule has 0 aliphatic heterocycles. The predicted octanol–water partition coefficient (Wildman–Crippen LogP) is -0.716. The van der Waals surface area contributed by atoms with Crippen LogP contribution in [0.1, 0.15) is 37.7 Å². The van der Waals surface area contributed by atoms with Gasteiger partial charge in [-0.15, -0.1) is 0 Å². The number of carbonyl (C=O) groups excluding carboxylic acids is 3. The highest BCUT2D eigenvalue weighted by Crippen LogP contribution is 2.13. The normalized spacial score (nSPS) is 13.8. The van der Waals surface area contributed by atoms with Gasteiger partial charge in [-0.2, -0.15) is 11.8 Å². The Bertz CT molecular complexity index is 1020. The van der Waals surface area contributed by atoms with Crippen LogP contribution in [0.4, 0.5) is 0 Å². The van der Waals surface area contributed by atoms with E-state index in [0.717, 1.165) is 0 Å². The van der Waals surface area contributed by atoms with Crippen molar-refractivity contribution in [3.05, 3.63) is 29.8 Å². The van der Waals surface area contributed by atoms with Crippen LogP contribution in [0.3, 0.4) is 0 Å². The Morgan fingerprint density at radius 3 is 1.82 bits per heavy atom. The Kier molecular flexibility index (Phi) is 14.4. The van der Waals surface area contributed by atoms with Crippen LogP contribution < -0.4 is 21.7 Å². The van der Waals surface area contributed by atoms with E-state index in [4.69, 9.17) is 15.9 Å². The Labute approximate surface area is 228 Å². The summed E-state index contributed by atoms with van der Waals surface area (Å²) in [4.78, 5) is 72.2. The monoisotopic (exact) mass is 570 g/mol. The summed E-state index contributed by atoms with van der Waals surface area (Å²) < 4.78 is 0. The SMILES string of the molecule is CSCCC(NC(=O)C(Cc1ccc(O)cc1)NC(=O)C(CCC(=O)O)NC(=O)C(N)CCC(=O)O)C(=O)O. The fourth-order valence-electron chi connectivity index (χ4n) is 3.34. The summed E-state index contributed by atoms with van der Waals surface area (Å²) in [5, 5.41) is 44.0. The first-order chi connectivity index (χ1) is 18.3. The zero-order chi connectivity index (χ0) is 29.5. The fourth-order valence-corrected chi connectivity index (χ4v) is 3.81. The Balaban J connectivity index is 3.15. The Morgan fingerprint density at radius 1 is 0.769 bits per heavy atom. The van der Waals surface area contributed by atoms with E-state index in [2.05, 4.69) is 16.0 Å². The van der Waals surface area contributed by atoms with E-state index in [-0.39, 0.29) is 31.4 Å². The highest BCUT2D eigenvalue weighted by molar-refractivity contribution is 7.98. The third-order valence-electron chi connectivity index (χ3n) is 5.52. The molecule has 3 amide bonds. The molecular weight excluding hydrogens is 536 g/mol. The van der Waals surface area contributed by atoms with E-state index >= 15 is 0 Å². The molecule has 1 aromatic carbocycles. The number of hydrogen-bond donors (Lipinski definition) is 8. The molecule has 39 heavy (non-hydrogen) atoms. The number of rotatable bonds is 18. The van der Waals surface area contributed by atoms with Gasteiger partial charge in [0.25, 0.3) is 0 Å². The van der Waals surface area contributed by atoms with Gasteiger partial charge in [-0.1, -0.05) is 12.1 Å². The molecule has 0 aliphatic carbocycles. The number of carboxylic acids is 3. The minimum atomic E-state index is -1.44. The quantitative estimate of drug-likeness (QED) is 0.109. The maximum absolute atomic E-state index is 13.1. The van der Waals surface area contributed by atoms with E-state index in [1.54, 1.807) is 6.26 Å². The number of nitrogens with two attached hydrogens (primary N) is 1. The predicted molar refractivity (Wildman–Crippen MR) is 140 cm³/mol. The maximum atomic E-state index is 13.1. The van der Waals surface area contributed by atoms with Crippen molar-refractivity contribution in [1.82, 2.24) is 16.0 Å². The summed E-state index contributed by atoms with van der Waals surface area (Å²) in [6, 6.07) is 0.418. The number of nitrogens with one attached hydrogen (secondary N) is 3. The van der Waals surface area contributed by atoms with Crippen LogP contribution in [0.5, 0.6) is 5.75 Å². The van der Waals surface area contributed by atoms with Crippen molar-refractivity contribution in [2.75, 3.05) is 12.0 Å². The lowest BCUT2D eigenvalue weighted by atomic mass is 10.0. The van der Waals surface area contributed by atoms with Crippen LogP contribution in [0, 0.1) is 0 Å². The minimum absolute atomic E-state index is 0.0394. The summed E-state index contributed by atoms with van der Waals surface area (Å²) in [5.41, 5.74) is 6.20. The number of carboxylic acid groups (broad SMARTS) is 3. The van der Waals surface area contributed by atoms with Gasteiger partial charge in [0.05, 0.1) is 6.04 Å². The number of phenolic OH excluding ortho intramolecular Hbond substituents is 1. The highest BCUT2D eigenvalue weighted by atomic mass is 32.2. The number of aliphatic carboxylic acids is 3. The molecule has 0 heterocycles. The number of benzene rings is 1. The summed E-state index contributed by atoms with van der Waals surface area (Å²) in [6.07, 6.45) is 0.250. The molecule has 0 bridgehead atoms. The molecule has 1 aromatic rings. The van der Waals surface area contributed by atoms with Gasteiger partial charge in [-0.25, -0.2) is 4.79 Å². The largest absolute Gasteiger partial charge is 0.508 e. The van der Waals surface area contributed by atoms with Gasteiger partial charge in [0.1, 0.15) is 23.9 Å². The lowest BCUT2D eigenvalue weighted by molar-refractivity contribution is -0.142. The van der Waals surface area contributed by atoms with Gasteiger partial charge in [-0.05, 0) is 49.0 Å². The summed E-state index contributed by atoms with van der Waals surface area (Å²) in [7, 11) is 0. The molecule has 0 saturated heterocycles. The molecule has 15 heteroatoms. The number of hydrogen-bond acceptors (Lipinski definition) is 9. The molecular formula is C24H34N4O10S. The van der Waals surface area contributed by atoms with Crippen molar-refractivity contribution >= 4 is 47.4 Å². The molecule has 4 atom stereocenters. The van der Waals surface area contributed by atoms with Gasteiger partial charge < -0.3 is 42.1 Å². The maximum Gasteiger partial charge on any atom is 0.326 e. The topological polar surface area (TPSA) is 245 Å². The zero-order valence-electron chi connectivity index (χ0n) is 21.3. The molecule has 0 aromatic heterocycles. The molecule has 0 fully saturated rings. The van der Waals surface area contributed by atoms with Gasteiger partial charge in [0.2, 0.25) is 17.7 Å². The smallest absolute Gasteiger partial charge is 0.326 e. The molecule has 216 valence electrons. The standard InChI is InChI=1S/C24H34N4O10S/c1-39-11-10-17(24(37)38)27-23(36)18(12-13-2-4-14(29)5-3-13)28-22(35)16(7-9-20(32)33)26-21(34)15(25)6-8-19(30)31/h2-5,15-18,29H,6-12,25H2,1H3,(H,26,34)(H,27,36)(H,28,35)(H,30,31)(H,32,33)(H,37,38). The molecule has 4 unspecified atom stereocenters. The van der Waals surface area contributed by atoms with Gasteiger partial charge in [-0.3, -0.25) is 24.0 Å². The van der Waals surface area contributed by atoms with Crippen molar-refractivity contribution < 1.29 is 49.2 Å². The van der Waals surface area contributed by atoms with Gasteiger partial charge in [0, 0.05) is 19.3 Å². The second kappa shape index (κ2) is 16.9. The van der Waals surface area contributed by atoms with Crippen molar-refractivity contribution in [2.24, 2.45) is 5.73 Å². The van der Waals surface area contributed by atoms with Crippen molar-refractivity contribution in [1.29, 1.82) is 0 Å². The summed E-state index contributed by atoms with van der Waals surface area (Å²) >= 11 is 1.38. The third-order valence-corrected chi connectivity index (χ3v) is 6.16. The van der Waals surface area contributed by atoms with Crippen LogP contribution in [0.25, 0.3) is 0 Å². The Hall–Kier alpha value is -3.85. The van der Waals surface area contributed by atoms with E-state index in [0.29, 0.717) is 11.3 Å². The van der Waals surface area contributed by atoms with Crippen LogP contribution >= 0.6 is 11.8 Å². The summed E-state index contributed by atoms with van der Waals surface area (Å²) in [6.45, 7) is 0. The van der Waals surface area contributed by atoms with Crippen molar-refractivity contribution in [2.45, 2.75) is 62.7 Å². The zero-order valence-corrected chi connectivity index (χ0v) is 22.1. The molecule has 0 saturated carbocycles. The molecule has 0 spiro atoms. The number of phenols is 1. The minimum Gasteiger partial charge on any atom is -0.508 e. The average Bonchev–Trinajstić information content (AvgIpc) is 2.87. The van der Waals surface area contributed by atoms with Crippen LogP contribution in [-0.4, -0.2) is 92.2 Å². The van der Waals surface area contributed by atoms with Crippen molar-refractivity contribution in [3.8, 4) is 5.75 Å². The lowest BCUT2D eigenvalue weighted by Crippen LogP contribution is -2.57. The van der Waals surface area contributed by atoms with Gasteiger partial charge >= 0.3 is 17.9 Å². The summed E-state index contributed by atoms with van der Waals surface area (Å²) in [5.74, 6) is -5.94. The third kappa shape index (κ3) is 13.0. The number of thioether (sulfide) groups is 1. The van der Waals surface area contributed by atoms with Crippen LogP contribution in [-0.2, 0) is 35.2 Å². The lowest BCUT2D eigenvalue weighted by Gasteiger charge is -2.25. The molecule has 0 aliphatic rings. The van der Waals surface area contributed by atoms with Crippen LogP contribution in [0.2, 0.25) is 0 Å². The van der Waals surface area contributed by atoms with E-state index < -0.39 is 72.6 Å². The first-order valence-corrected chi connectivity index (χ1v) is 13.3. The number of carbonyl (C=O) groups is 6. The highest BCUT2D eigenvalue weighted by Gasteiger charge is 2.31. The first kappa shape index (κ1) is 33.2.